The van der Waals surface area contributed by atoms with Crippen molar-refractivity contribution in [1.82, 2.24) is 10.2 Å². The van der Waals surface area contributed by atoms with Crippen LogP contribution in [0.2, 0.25) is 0 Å². The smallest absolute Gasteiger partial charge is 0.0902 e. The molecule has 0 saturated carbocycles. The van der Waals surface area contributed by atoms with Gasteiger partial charge in [-0.3, -0.25) is 4.90 Å². The highest BCUT2D eigenvalue weighted by atomic mass is 16.5. The maximum absolute atomic E-state index is 5.91. The molecule has 0 aliphatic carbocycles. The van der Waals surface area contributed by atoms with Gasteiger partial charge in [-0.25, -0.2) is 0 Å². The Balaban J connectivity index is 1.65. The van der Waals surface area contributed by atoms with Gasteiger partial charge in [0.1, 0.15) is 0 Å². The van der Waals surface area contributed by atoms with Crippen LogP contribution >= 0.6 is 0 Å². The Kier molecular flexibility index (Phi) is 3.33. The SMILES string of the molecule is CC1CC(C)N(CCOC2(C)CNC2)C1. The Labute approximate surface area is 93.2 Å². The molecule has 0 aromatic heterocycles. The van der Waals surface area contributed by atoms with Crippen molar-refractivity contribution in [2.45, 2.75) is 38.8 Å². The van der Waals surface area contributed by atoms with E-state index in [2.05, 4.69) is 31.0 Å². The first-order chi connectivity index (χ1) is 7.09. The monoisotopic (exact) mass is 212 g/mol. The quantitative estimate of drug-likeness (QED) is 0.755. The maximum atomic E-state index is 5.91. The maximum Gasteiger partial charge on any atom is 0.0902 e. The zero-order chi connectivity index (χ0) is 10.9. The van der Waals surface area contributed by atoms with Crippen LogP contribution in [0, 0.1) is 5.92 Å². The molecule has 0 amide bonds. The molecule has 2 saturated heterocycles. The Morgan fingerprint density at radius 2 is 2.13 bits per heavy atom. The zero-order valence-electron chi connectivity index (χ0n) is 10.3. The largest absolute Gasteiger partial charge is 0.371 e. The van der Waals surface area contributed by atoms with Gasteiger partial charge in [0.2, 0.25) is 0 Å². The molecule has 3 nitrogen and oxygen atoms in total. The Bertz CT molecular complexity index is 216. The van der Waals surface area contributed by atoms with E-state index in [9.17, 15) is 0 Å². The summed E-state index contributed by atoms with van der Waals surface area (Å²) in [5.41, 5.74) is 0.120. The van der Waals surface area contributed by atoms with Crippen molar-refractivity contribution in [3.63, 3.8) is 0 Å². The number of likely N-dealkylation sites (tertiary alicyclic amines) is 1. The van der Waals surface area contributed by atoms with Crippen LogP contribution in [-0.4, -0.2) is 49.3 Å². The van der Waals surface area contributed by atoms with Crippen molar-refractivity contribution < 1.29 is 4.74 Å². The van der Waals surface area contributed by atoms with Gasteiger partial charge in [0.05, 0.1) is 12.2 Å². The summed E-state index contributed by atoms with van der Waals surface area (Å²) in [6.07, 6.45) is 1.35. The Morgan fingerprint density at radius 3 is 2.60 bits per heavy atom. The van der Waals surface area contributed by atoms with Crippen LogP contribution in [0.5, 0.6) is 0 Å². The third-order valence-electron chi connectivity index (χ3n) is 3.74. The second kappa shape index (κ2) is 4.40. The molecule has 3 heteroatoms. The molecular formula is C12H24N2O. The summed E-state index contributed by atoms with van der Waals surface area (Å²) < 4.78 is 5.91. The van der Waals surface area contributed by atoms with Gasteiger partial charge in [0, 0.05) is 32.2 Å². The summed E-state index contributed by atoms with van der Waals surface area (Å²) >= 11 is 0. The highest BCUT2D eigenvalue weighted by Crippen LogP contribution is 2.22. The van der Waals surface area contributed by atoms with Crippen LogP contribution < -0.4 is 5.32 Å². The molecule has 2 heterocycles. The van der Waals surface area contributed by atoms with Crippen LogP contribution in [-0.2, 0) is 4.74 Å². The highest BCUT2D eigenvalue weighted by molar-refractivity contribution is 4.90. The van der Waals surface area contributed by atoms with Gasteiger partial charge < -0.3 is 10.1 Å². The van der Waals surface area contributed by atoms with Crippen molar-refractivity contribution in [2.24, 2.45) is 5.92 Å². The number of hydrogen-bond donors (Lipinski definition) is 1. The molecule has 2 aliphatic rings. The van der Waals surface area contributed by atoms with Crippen LogP contribution in [0.3, 0.4) is 0 Å². The van der Waals surface area contributed by atoms with E-state index in [4.69, 9.17) is 4.74 Å². The van der Waals surface area contributed by atoms with Crippen molar-refractivity contribution in [3.05, 3.63) is 0 Å². The topological polar surface area (TPSA) is 24.5 Å². The van der Waals surface area contributed by atoms with Crippen molar-refractivity contribution in [1.29, 1.82) is 0 Å². The number of nitrogens with zero attached hydrogens (tertiary/aromatic N) is 1. The summed E-state index contributed by atoms with van der Waals surface area (Å²) in [4.78, 5) is 2.56. The first-order valence-corrected chi connectivity index (χ1v) is 6.18. The van der Waals surface area contributed by atoms with Crippen molar-refractivity contribution in [2.75, 3.05) is 32.8 Å². The molecule has 2 rings (SSSR count). The first kappa shape index (κ1) is 11.4. The minimum absolute atomic E-state index is 0.120. The lowest BCUT2D eigenvalue weighted by atomic mass is 10.0. The van der Waals surface area contributed by atoms with Gasteiger partial charge in [0.25, 0.3) is 0 Å². The molecule has 0 aromatic rings. The van der Waals surface area contributed by atoms with E-state index in [0.717, 1.165) is 38.2 Å². The molecule has 88 valence electrons. The van der Waals surface area contributed by atoms with Gasteiger partial charge in [-0.05, 0) is 26.2 Å². The molecule has 0 spiro atoms. The predicted molar refractivity (Wildman–Crippen MR) is 62.0 cm³/mol. The average Bonchev–Trinajstić information content (AvgIpc) is 2.42. The van der Waals surface area contributed by atoms with Gasteiger partial charge in [-0.1, -0.05) is 6.92 Å². The summed E-state index contributed by atoms with van der Waals surface area (Å²) in [7, 11) is 0. The molecule has 2 aliphatic heterocycles. The third-order valence-corrected chi connectivity index (χ3v) is 3.74. The number of nitrogens with one attached hydrogen (secondary N) is 1. The van der Waals surface area contributed by atoms with Gasteiger partial charge in [-0.2, -0.15) is 0 Å². The zero-order valence-corrected chi connectivity index (χ0v) is 10.3. The van der Waals surface area contributed by atoms with E-state index in [1.165, 1.54) is 13.0 Å². The van der Waals surface area contributed by atoms with E-state index in [0.29, 0.717) is 0 Å². The summed E-state index contributed by atoms with van der Waals surface area (Å²) in [6.45, 7) is 12.1. The molecule has 2 unspecified atom stereocenters. The molecule has 0 radical (unpaired) electrons. The fourth-order valence-corrected chi connectivity index (χ4v) is 2.69. The van der Waals surface area contributed by atoms with Gasteiger partial charge >= 0.3 is 0 Å². The lowest BCUT2D eigenvalue weighted by Gasteiger charge is -2.39. The van der Waals surface area contributed by atoms with E-state index in [1.807, 2.05) is 0 Å². The van der Waals surface area contributed by atoms with Crippen molar-refractivity contribution >= 4 is 0 Å². The Morgan fingerprint density at radius 1 is 1.40 bits per heavy atom. The minimum atomic E-state index is 0.120. The lowest BCUT2D eigenvalue weighted by Crippen LogP contribution is -2.59. The minimum Gasteiger partial charge on any atom is -0.371 e. The standard InChI is InChI=1S/C12H24N2O/c1-10-6-11(2)14(7-10)4-5-15-12(3)8-13-9-12/h10-11,13H,4-9H2,1-3H3. The molecular weight excluding hydrogens is 188 g/mol. The molecule has 1 N–H and O–H groups in total. The fraction of sp³-hybridized carbons (Fsp3) is 1.00. The van der Waals surface area contributed by atoms with Crippen LogP contribution in [0.15, 0.2) is 0 Å². The first-order valence-electron chi connectivity index (χ1n) is 6.18. The molecule has 0 bridgehead atoms. The molecule has 15 heavy (non-hydrogen) atoms. The van der Waals surface area contributed by atoms with E-state index < -0.39 is 0 Å². The predicted octanol–water partition coefficient (Wildman–Crippen LogP) is 1.10. The van der Waals surface area contributed by atoms with E-state index in [1.54, 1.807) is 0 Å². The Hall–Kier alpha value is -0.120. The van der Waals surface area contributed by atoms with Crippen LogP contribution in [0.4, 0.5) is 0 Å². The van der Waals surface area contributed by atoms with Crippen LogP contribution in [0.25, 0.3) is 0 Å². The summed E-state index contributed by atoms with van der Waals surface area (Å²) in [5, 5.41) is 3.26. The number of ether oxygens (including phenoxy) is 1. The average molecular weight is 212 g/mol. The van der Waals surface area contributed by atoms with Gasteiger partial charge in [0.15, 0.2) is 0 Å². The number of rotatable bonds is 4. The third kappa shape index (κ3) is 2.71. The summed E-state index contributed by atoms with van der Waals surface area (Å²) in [5.74, 6) is 0.862. The normalized spacial score (nSPS) is 35.4. The second-order valence-corrected chi connectivity index (χ2v) is 5.59. The van der Waals surface area contributed by atoms with Gasteiger partial charge in [-0.15, -0.1) is 0 Å². The fourth-order valence-electron chi connectivity index (χ4n) is 2.69. The van der Waals surface area contributed by atoms with Crippen LogP contribution in [0.1, 0.15) is 27.2 Å². The second-order valence-electron chi connectivity index (χ2n) is 5.59. The van der Waals surface area contributed by atoms with E-state index >= 15 is 0 Å². The number of hydrogen-bond acceptors (Lipinski definition) is 3. The summed E-state index contributed by atoms with van der Waals surface area (Å²) in [6, 6.07) is 0.746. The molecule has 2 atom stereocenters. The van der Waals surface area contributed by atoms with Crippen molar-refractivity contribution in [3.8, 4) is 0 Å². The highest BCUT2D eigenvalue weighted by Gasteiger charge is 2.33. The van der Waals surface area contributed by atoms with E-state index in [-0.39, 0.29) is 5.60 Å². The molecule has 0 aromatic carbocycles. The lowest BCUT2D eigenvalue weighted by molar-refractivity contribution is -0.0726. The molecule has 2 fully saturated rings.